The number of rotatable bonds is 9. The average molecular weight is 349 g/mol. The van der Waals surface area contributed by atoms with E-state index in [1.807, 2.05) is 25.7 Å². The normalized spacial score (nSPS) is 31.2. The van der Waals surface area contributed by atoms with Crippen molar-refractivity contribution in [3.63, 3.8) is 0 Å². The monoisotopic (exact) mass is 348 g/mol. The Balaban J connectivity index is 2.33. The van der Waals surface area contributed by atoms with Crippen molar-refractivity contribution in [1.29, 1.82) is 0 Å². The van der Waals surface area contributed by atoms with Crippen molar-refractivity contribution in [2.75, 3.05) is 19.6 Å². The molecule has 0 aromatic rings. The Bertz CT molecular complexity index is 512. The van der Waals surface area contributed by atoms with Gasteiger partial charge in [0.25, 0.3) is 0 Å². The molecule has 2 aliphatic rings. The fraction of sp³-hybridized carbons (Fsp3) is 0.810. The minimum atomic E-state index is -0.247. The number of hydrogen-bond acceptors (Lipinski definition) is 2. The Hall–Kier alpha value is -1.32. The van der Waals surface area contributed by atoms with Crippen molar-refractivity contribution in [3.8, 4) is 0 Å². The summed E-state index contributed by atoms with van der Waals surface area (Å²) >= 11 is 0. The van der Waals surface area contributed by atoms with E-state index in [4.69, 9.17) is 0 Å². The van der Waals surface area contributed by atoms with E-state index < -0.39 is 0 Å². The van der Waals surface area contributed by atoms with Gasteiger partial charge in [0.05, 0.1) is 5.92 Å². The van der Waals surface area contributed by atoms with Gasteiger partial charge < -0.3 is 10.2 Å². The number of nitrogens with one attached hydrogen (secondary N) is 1. The van der Waals surface area contributed by atoms with Crippen LogP contribution in [0.15, 0.2) is 12.2 Å². The number of allylic oxidation sites excluding steroid dienone is 2. The first kappa shape index (κ1) is 20.0. The van der Waals surface area contributed by atoms with Crippen LogP contribution in [0.5, 0.6) is 0 Å². The molecule has 0 aromatic carbocycles. The lowest BCUT2D eigenvalue weighted by molar-refractivity contribution is -0.139. The van der Waals surface area contributed by atoms with Gasteiger partial charge in [0.15, 0.2) is 0 Å². The maximum absolute atomic E-state index is 13.0. The van der Waals surface area contributed by atoms with E-state index >= 15 is 0 Å². The Morgan fingerprint density at radius 1 is 1.16 bits per heavy atom. The summed E-state index contributed by atoms with van der Waals surface area (Å²) in [6.07, 6.45) is 8.23. The predicted molar refractivity (Wildman–Crippen MR) is 102 cm³/mol. The second-order valence-electron chi connectivity index (χ2n) is 7.64. The molecule has 25 heavy (non-hydrogen) atoms. The first-order valence-corrected chi connectivity index (χ1v) is 10.2. The number of carbonyl (C=O) groups is 2. The third-order valence-electron chi connectivity index (χ3n) is 6.72. The molecule has 0 radical (unpaired) electrons. The molecule has 2 rings (SSSR count). The largest absolute Gasteiger partial charge is 0.356 e. The van der Waals surface area contributed by atoms with Crippen LogP contribution in [0.25, 0.3) is 0 Å². The molecule has 0 heterocycles. The maximum atomic E-state index is 13.0. The van der Waals surface area contributed by atoms with E-state index in [1.165, 1.54) is 0 Å². The number of nitrogens with zero attached hydrogens (tertiary/aromatic N) is 1. The zero-order valence-electron chi connectivity index (χ0n) is 16.7. The van der Waals surface area contributed by atoms with Gasteiger partial charge in [-0.15, -0.1) is 0 Å². The lowest BCUT2D eigenvalue weighted by atomic mass is 9.63. The summed E-state index contributed by atoms with van der Waals surface area (Å²) in [5, 5.41) is 3.01. The average Bonchev–Trinajstić information content (AvgIpc) is 3.17. The van der Waals surface area contributed by atoms with Crippen LogP contribution in [0.1, 0.15) is 60.3 Å². The van der Waals surface area contributed by atoms with Gasteiger partial charge in [-0.1, -0.05) is 38.8 Å². The molecule has 0 spiro atoms. The Kier molecular flexibility index (Phi) is 6.70. The van der Waals surface area contributed by atoms with Gasteiger partial charge in [-0.05, 0) is 44.9 Å². The molecule has 2 amide bonds. The third kappa shape index (κ3) is 3.50. The third-order valence-corrected chi connectivity index (χ3v) is 6.72. The van der Waals surface area contributed by atoms with Gasteiger partial charge in [0.1, 0.15) is 0 Å². The molecule has 142 valence electrons. The smallest absolute Gasteiger partial charge is 0.224 e. The van der Waals surface area contributed by atoms with E-state index in [-0.39, 0.29) is 23.1 Å². The summed E-state index contributed by atoms with van der Waals surface area (Å²) in [6, 6.07) is 0. The minimum Gasteiger partial charge on any atom is -0.356 e. The summed E-state index contributed by atoms with van der Waals surface area (Å²) in [5.41, 5.74) is -0.137. The molecular formula is C21H36N2O2. The Labute approximate surface area is 153 Å². The summed E-state index contributed by atoms with van der Waals surface area (Å²) in [6.45, 7) is 12.5. The highest BCUT2D eigenvalue weighted by atomic mass is 16.2. The maximum Gasteiger partial charge on any atom is 0.224 e. The van der Waals surface area contributed by atoms with E-state index in [2.05, 4.69) is 31.3 Å². The first-order valence-electron chi connectivity index (χ1n) is 10.2. The van der Waals surface area contributed by atoms with E-state index in [0.717, 1.165) is 19.3 Å². The quantitative estimate of drug-likeness (QED) is 0.647. The molecule has 0 aromatic heterocycles. The zero-order valence-corrected chi connectivity index (χ0v) is 16.7. The number of amides is 2. The van der Waals surface area contributed by atoms with Crippen molar-refractivity contribution >= 4 is 11.8 Å². The van der Waals surface area contributed by atoms with Gasteiger partial charge in [-0.25, -0.2) is 0 Å². The van der Waals surface area contributed by atoms with E-state index in [1.54, 1.807) is 0 Å². The Morgan fingerprint density at radius 3 is 2.36 bits per heavy atom. The number of fused-ring (bicyclic) bond motifs is 2. The zero-order chi connectivity index (χ0) is 18.6. The molecule has 4 heteroatoms. The van der Waals surface area contributed by atoms with Crippen molar-refractivity contribution < 1.29 is 9.59 Å². The molecule has 5 unspecified atom stereocenters. The molecule has 2 aliphatic carbocycles. The summed E-state index contributed by atoms with van der Waals surface area (Å²) < 4.78 is 0. The van der Waals surface area contributed by atoms with Crippen LogP contribution in [0.3, 0.4) is 0 Å². The summed E-state index contributed by atoms with van der Waals surface area (Å²) in [4.78, 5) is 27.7. The van der Waals surface area contributed by atoms with Crippen LogP contribution in [-0.4, -0.2) is 36.3 Å². The summed E-state index contributed by atoms with van der Waals surface area (Å²) in [5.74, 6) is 1.66. The Morgan fingerprint density at radius 2 is 1.84 bits per heavy atom. The van der Waals surface area contributed by atoms with Crippen molar-refractivity contribution in [2.45, 2.75) is 60.3 Å². The van der Waals surface area contributed by atoms with Crippen LogP contribution in [-0.2, 0) is 9.59 Å². The van der Waals surface area contributed by atoms with Gasteiger partial charge in [-0.2, -0.15) is 0 Å². The standard InChI is InChI=1S/C21H36N2O2/c1-6-16-15-11-12-21(14-15,17(16)7-2)18(20(25)22-8-3)13-19(24)23(9-4)10-5/h11-12,15-18H,6-10,13-14H2,1-5H3,(H,22,25). The number of hydrogen-bond donors (Lipinski definition) is 1. The molecule has 1 saturated carbocycles. The molecule has 2 bridgehead atoms. The van der Waals surface area contributed by atoms with Gasteiger partial charge in [0.2, 0.25) is 11.8 Å². The predicted octanol–water partition coefficient (Wildman–Crippen LogP) is 3.63. The van der Waals surface area contributed by atoms with Crippen molar-refractivity contribution in [3.05, 3.63) is 12.2 Å². The molecule has 4 nitrogen and oxygen atoms in total. The van der Waals surface area contributed by atoms with Gasteiger partial charge in [0, 0.05) is 31.5 Å². The highest BCUT2D eigenvalue weighted by Gasteiger charge is 2.58. The highest BCUT2D eigenvalue weighted by Crippen LogP contribution is 2.62. The first-order chi connectivity index (χ1) is 12.0. The van der Waals surface area contributed by atoms with E-state index in [0.29, 0.717) is 43.8 Å². The SMILES string of the molecule is CCNC(=O)C(CC(=O)N(CC)CC)C12C=CC(C1)C(CC)C2CC. The van der Waals surface area contributed by atoms with E-state index in [9.17, 15) is 9.59 Å². The second-order valence-corrected chi connectivity index (χ2v) is 7.64. The van der Waals surface area contributed by atoms with Gasteiger partial charge >= 0.3 is 0 Å². The van der Waals surface area contributed by atoms with Crippen LogP contribution in [0.2, 0.25) is 0 Å². The molecule has 1 N–H and O–H groups in total. The molecule has 5 atom stereocenters. The lowest BCUT2D eigenvalue weighted by Crippen LogP contribution is -2.46. The van der Waals surface area contributed by atoms with Crippen LogP contribution < -0.4 is 5.32 Å². The number of carbonyl (C=O) groups excluding carboxylic acids is 2. The van der Waals surface area contributed by atoms with Crippen LogP contribution in [0, 0.1) is 29.1 Å². The molecule has 0 aliphatic heterocycles. The molecule has 1 fully saturated rings. The molecular weight excluding hydrogens is 312 g/mol. The van der Waals surface area contributed by atoms with Crippen LogP contribution in [0.4, 0.5) is 0 Å². The second kappa shape index (κ2) is 8.37. The van der Waals surface area contributed by atoms with Gasteiger partial charge in [-0.3, -0.25) is 9.59 Å². The van der Waals surface area contributed by atoms with Crippen molar-refractivity contribution in [2.24, 2.45) is 29.1 Å². The lowest BCUT2D eigenvalue weighted by Gasteiger charge is -2.41. The van der Waals surface area contributed by atoms with Crippen molar-refractivity contribution in [1.82, 2.24) is 10.2 Å². The van der Waals surface area contributed by atoms with Crippen LogP contribution >= 0.6 is 0 Å². The topological polar surface area (TPSA) is 49.4 Å². The minimum absolute atomic E-state index is 0.0588. The molecule has 0 saturated heterocycles. The summed E-state index contributed by atoms with van der Waals surface area (Å²) in [7, 11) is 0. The fourth-order valence-corrected chi connectivity index (χ4v) is 5.60. The fourth-order valence-electron chi connectivity index (χ4n) is 5.60. The highest BCUT2D eigenvalue weighted by molar-refractivity contribution is 5.87.